The van der Waals surface area contributed by atoms with Gasteiger partial charge in [0.15, 0.2) is 11.6 Å². The number of benzene rings is 1. The normalized spacial score (nSPS) is 27.4. The van der Waals surface area contributed by atoms with Gasteiger partial charge in [0.1, 0.15) is 0 Å². The molecule has 4 atom stereocenters. The first-order valence-electron chi connectivity index (χ1n) is 7.41. The molecule has 0 spiro atoms. The van der Waals surface area contributed by atoms with E-state index in [0.29, 0.717) is 21.5 Å². The van der Waals surface area contributed by atoms with Crippen molar-refractivity contribution >= 4 is 23.5 Å². The van der Waals surface area contributed by atoms with Gasteiger partial charge in [-0.1, -0.05) is 32.9 Å². The number of hydrogen-bond acceptors (Lipinski definition) is 4. The van der Waals surface area contributed by atoms with E-state index in [9.17, 15) is 4.39 Å². The molecule has 118 valence electrons. The topological polar surface area (TPSA) is 21.3 Å². The van der Waals surface area contributed by atoms with E-state index in [1.54, 1.807) is 6.07 Å². The number of ether oxygens (including phenoxy) is 1. The second-order valence-electron chi connectivity index (χ2n) is 5.32. The summed E-state index contributed by atoms with van der Waals surface area (Å²) in [5, 5.41) is 5.09. The zero-order valence-electron chi connectivity index (χ0n) is 13.1. The maximum atomic E-state index is 14.6. The fourth-order valence-electron chi connectivity index (χ4n) is 2.57. The summed E-state index contributed by atoms with van der Waals surface area (Å²) < 4.78 is 19.7. The Bertz CT molecular complexity index is 472. The van der Waals surface area contributed by atoms with Crippen molar-refractivity contribution < 1.29 is 9.13 Å². The van der Waals surface area contributed by atoms with Crippen molar-refractivity contribution in [3.05, 3.63) is 29.6 Å². The smallest absolute Gasteiger partial charge is 0.169 e. The summed E-state index contributed by atoms with van der Waals surface area (Å²) in [5.41, 5.74) is 0.719. The Morgan fingerprint density at radius 1 is 1.38 bits per heavy atom. The van der Waals surface area contributed by atoms with Crippen molar-refractivity contribution in [2.75, 3.05) is 19.4 Å². The van der Waals surface area contributed by atoms with Gasteiger partial charge in [-0.25, -0.2) is 4.39 Å². The minimum absolute atomic E-state index is 0.0255. The lowest BCUT2D eigenvalue weighted by atomic mass is 10.0. The quantitative estimate of drug-likeness (QED) is 0.877. The van der Waals surface area contributed by atoms with Crippen LogP contribution in [-0.4, -0.2) is 35.2 Å². The number of methoxy groups -OCH3 is 1. The second kappa shape index (κ2) is 7.75. The third kappa shape index (κ3) is 3.88. The third-order valence-electron chi connectivity index (χ3n) is 3.92. The van der Waals surface area contributed by atoms with Crippen molar-refractivity contribution in [2.24, 2.45) is 0 Å². The Morgan fingerprint density at radius 3 is 2.76 bits per heavy atom. The molecule has 5 heteroatoms. The lowest BCUT2D eigenvalue weighted by Crippen LogP contribution is -2.37. The number of rotatable bonds is 5. The molecule has 0 amide bonds. The van der Waals surface area contributed by atoms with Crippen LogP contribution in [0.3, 0.4) is 0 Å². The van der Waals surface area contributed by atoms with Gasteiger partial charge in [0.2, 0.25) is 0 Å². The lowest BCUT2D eigenvalue weighted by Gasteiger charge is -2.36. The molecule has 4 unspecified atom stereocenters. The highest BCUT2D eigenvalue weighted by Crippen LogP contribution is 2.42. The summed E-state index contributed by atoms with van der Waals surface area (Å²) in [4.78, 5) is 0. The summed E-state index contributed by atoms with van der Waals surface area (Å²) >= 11 is 3.95. The standard InChI is InChI=1S/C16H24FNOS2/c1-5-18-16(14-9-20-10(2)11(3)21-14)12-7-6-8-13(19-4)15(12)17/h6-8,10-11,14,16,18H,5,9H2,1-4H3. The molecule has 1 heterocycles. The predicted molar refractivity (Wildman–Crippen MR) is 92.1 cm³/mol. The van der Waals surface area contributed by atoms with Crippen LogP contribution >= 0.6 is 23.5 Å². The molecular weight excluding hydrogens is 305 g/mol. The summed E-state index contributed by atoms with van der Waals surface area (Å²) in [7, 11) is 1.51. The zero-order chi connectivity index (χ0) is 15.4. The molecule has 1 fully saturated rings. The summed E-state index contributed by atoms with van der Waals surface area (Å²) in [5.74, 6) is 1.14. The Kier molecular flexibility index (Phi) is 6.26. The molecule has 0 bridgehead atoms. The molecule has 1 N–H and O–H groups in total. The van der Waals surface area contributed by atoms with E-state index in [-0.39, 0.29) is 11.9 Å². The molecule has 0 radical (unpaired) electrons. The van der Waals surface area contributed by atoms with Crippen LogP contribution in [0.1, 0.15) is 32.4 Å². The van der Waals surface area contributed by atoms with Crippen LogP contribution in [0.2, 0.25) is 0 Å². The van der Waals surface area contributed by atoms with Crippen LogP contribution in [-0.2, 0) is 0 Å². The first kappa shape index (κ1) is 17.0. The Labute approximate surface area is 135 Å². The monoisotopic (exact) mass is 329 g/mol. The van der Waals surface area contributed by atoms with Crippen molar-refractivity contribution in [1.82, 2.24) is 5.32 Å². The molecular formula is C16H24FNOS2. The maximum Gasteiger partial charge on any atom is 0.169 e. The van der Waals surface area contributed by atoms with Gasteiger partial charge in [-0.2, -0.15) is 23.5 Å². The fourth-order valence-corrected chi connectivity index (χ4v) is 5.68. The summed E-state index contributed by atoms with van der Waals surface area (Å²) in [6.45, 7) is 7.43. The Hall–Kier alpha value is -0.390. The summed E-state index contributed by atoms with van der Waals surface area (Å²) in [6.07, 6.45) is 0. The summed E-state index contributed by atoms with van der Waals surface area (Å²) in [6, 6.07) is 5.44. The van der Waals surface area contributed by atoms with E-state index in [4.69, 9.17) is 4.74 Å². The number of halogens is 1. The maximum absolute atomic E-state index is 14.6. The molecule has 0 aromatic heterocycles. The first-order chi connectivity index (χ1) is 10.1. The van der Waals surface area contributed by atoms with E-state index in [1.807, 2.05) is 35.7 Å². The molecule has 1 aromatic carbocycles. The van der Waals surface area contributed by atoms with E-state index >= 15 is 0 Å². The van der Waals surface area contributed by atoms with Gasteiger partial charge in [0.05, 0.1) is 7.11 Å². The minimum Gasteiger partial charge on any atom is -0.494 e. The largest absolute Gasteiger partial charge is 0.494 e. The van der Waals surface area contributed by atoms with Crippen molar-refractivity contribution in [2.45, 2.75) is 42.6 Å². The van der Waals surface area contributed by atoms with Crippen LogP contribution in [0.5, 0.6) is 5.75 Å². The van der Waals surface area contributed by atoms with Crippen molar-refractivity contribution in [3.63, 3.8) is 0 Å². The predicted octanol–water partition coefficient (Wildman–Crippen LogP) is 4.11. The van der Waals surface area contributed by atoms with Gasteiger partial charge >= 0.3 is 0 Å². The van der Waals surface area contributed by atoms with Crippen molar-refractivity contribution in [1.29, 1.82) is 0 Å². The molecule has 21 heavy (non-hydrogen) atoms. The molecule has 0 saturated carbocycles. The SMILES string of the molecule is CCNC(c1cccc(OC)c1F)C1CSC(C)C(C)S1. The Morgan fingerprint density at radius 2 is 2.14 bits per heavy atom. The van der Waals surface area contributed by atoms with E-state index in [1.165, 1.54) is 7.11 Å². The average Bonchev–Trinajstić information content (AvgIpc) is 2.48. The van der Waals surface area contributed by atoms with Gasteiger partial charge in [-0.3, -0.25) is 0 Å². The zero-order valence-corrected chi connectivity index (χ0v) is 14.7. The number of hydrogen-bond donors (Lipinski definition) is 1. The molecule has 1 aliphatic heterocycles. The van der Waals surface area contributed by atoms with Crippen LogP contribution in [0.4, 0.5) is 4.39 Å². The molecule has 1 aromatic rings. The fraction of sp³-hybridized carbons (Fsp3) is 0.625. The van der Waals surface area contributed by atoms with Gasteiger partial charge < -0.3 is 10.1 Å². The minimum atomic E-state index is -0.233. The second-order valence-corrected chi connectivity index (χ2v) is 8.35. The van der Waals surface area contributed by atoms with E-state index < -0.39 is 0 Å². The van der Waals surface area contributed by atoms with Gasteiger partial charge in [-0.15, -0.1) is 0 Å². The van der Waals surface area contributed by atoms with Crippen molar-refractivity contribution in [3.8, 4) is 5.75 Å². The number of nitrogens with one attached hydrogen (secondary N) is 1. The van der Waals surface area contributed by atoms with Crippen LogP contribution in [0.15, 0.2) is 18.2 Å². The van der Waals surface area contributed by atoms with Crippen LogP contribution in [0, 0.1) is 5.82 Å². The molecule has 0 aliphatic carbocycles. The van der Waals surface area contributed by atoms with E-state index in [0.717, 1.165) is 17.9 Å². The highest BCUT2D eigenvalue weighted by molar-refractivity contribution is 8.07. The number of thioether (sulfide) groups is 2. The van der Waals surface area contributed by atoms with Gasteiger partial charge in [0, 0.05) is 33.1 Å². The van der Waals surface area contributed by atoms with E-state index in [2.05, 4.69) is 26.1 Å². The molecule has 1 aliphatic rings. The van der Waals surface area contributed by atoms with Crippen LogP contribution < -0.4 is 10.1 Å². The highest BCUT2D eigenvalue weighted by Gasteiger charge is 2.33. The highest BCUT2D eigenvalue weighted by atomic mass is 32.2. The molecule has 1 saturated heterocycles. The molecule has 2 nitrogen and oxygen atoms in total. The third-order valence-corrected chi connectivity index (χ3v) is 7.41. The van der Waals surface area contributed by atoms with Gasteiger partial charge in [0.25, 0.3) is 0 Å². The lowest BCUT2D eigenvalue weighted by molar-refractivity contribution is 0.379. The average molecular weight is 330 g/mol. The Balaban J connectivity index is 2.27. The van der Waals surface area contributed by atoms with Crippen LogP contribution in [0.25, 0.3) is 0 Å². The molecule has 2 rings (SSSR count). The van der Waals surface area contributed by atoms with Gasteiger partial charge in [-0.05, 0) is 12.6 Å². The first-order valence-corrected chi connectivity index (χ1v) is 9.40.